The van der Waals surface area contributed by atoms with E-state index in [1.54, 1.807) is 31.2 Å². The van der Waals surface area contributed by atoms with Gasteiger partial charge in [0.2, 0.25) is 0 Å². The molecule has 3 aromatic carbocycles. The number of anilines is 1. The van der Waals surface area contributed by atoms with Crippen LogP contribution in [-0.2, 0) is 14.8 Å². The third-order valence-corrected chi connectivity index (χ3v) is 6.38. The van der Waals surface area contributed by atoms with Gasteiger partial charge >= 0.3 is 0 Å². The number of nitrogens with one attached hydrogen (secondary N) is 1. The van der Waals surface area contributed by atoms with Gasteiger partial charge in [-0.3, -0.25) is 14.9 Å². The Bertz CT molecular complexity index is 1310. The van der Waals surface area contributed by atoms with E-state index in [0.717, 1.165) is 6.07 Å². The van der Waals surface area contributed by atoms with E-state index in [9.17, 15) is 28.4 Å². The average Bonchev–Trinajstić information content (AvgIpc) is 2.81. The molecule has 0 aliphatic carbocycles. The molecule has 3 aromatic rings. The van der Waals surface area contributed by atoms with Crippen molar-refractivity contribution in [1.82, 2.24) is 5.43 Å². The number of benzene rings is 3. The summed E-state index contributed by atoms with van der Waals surface area (Å²) in [5, 5.41) is 25.3. The molecule has 0 fully saturated rings. The minimum absolute atomic E-state index is 0.0406. The number of nitro groups is 1. The summed E-state index contributed by atoms with van der Waals surface area (Å²) in [6.07, 6.45) is 0. The second-order valence-corrected chi connectivity index (χ2v) is 8.68. The molecule has 2 N–H and O–H groups in total. The number of hydrogen-bond acceptors (Lipinski definition) is 7. The zero-order chi connectivity index (χ0) is 24.0. The number of nitrogens with zero attached hydrogens (tertiary/aromatic N) is 3. The molecule has 0 radical (unpaired) electrons. The lowest BCUT2D eigenvalue weighted by molar-refractivity contribution is -0.384. The van der Waals surface area contributed by atoms with Crippen molar-refractivity contribution in [3.8, 4) is 5.75 Å². The van der Waals surface area contributed by atoms with E-state index in [2.05, 4.69) is 10.5 Å². The lowest BCUT2D eigenvalue weighted by Gasteiger charge is -2.23. The number of amides is 1. The maximum absolute atomic E-state index is 13.3. The molecule has 0 saturated heterocycles. The highest BCUT2D eigenvalue weighted by Crippen LogP contribution is 2.31. The van der Waals surface area contributed by atoms with E-state index in [0.29, 0.717) is 9.87 Å². The Morgan fingerprint density at radius 2 is 1.64 bits per heavy atom. The van der Waals surface area contributed by atoms with Gasteiger partial charge < -0.3 is 5.11 Å². The average molecular weight is 468 g/mol. The molecule has 3 rings (SSSR count). The zero-order valence-corrected chi connectivity index (χ0v) is 18.3. The van der Waals surface area contributed by atoms with Gasteiger partial charge in [-0.15, -0.1) is 0 Å². The molecule has 1 amide bonds. The fourth-order valence-corrected chi connectivity index (χ4v) is 4.46. The Kier molecular flexibility index (Phi) is 7.04. The van der Waals surface area contributed by atoms with Gasteiger partial charge in [-0.2, -0.15) is 5.10 Å². The van der Waals surface area contributed by atoms with E-state index >= 15 is 0 Å². The van der Waals surface area contributed by atoms with Crippen LogP contribution in [0.1, 0.15) is 12.5 Å². The highest BCUT2D eigenvalue weighted by molar-refractivity contribution is 7.92. The highest BCUT2D eigenvalue weighted by atomic mass is 32.2. The highest BCUT2D eigenvalue weighted by Gasteiger charge is 2.31. The third kappa shape index (κ3) is 5.33. The molecule has 0 spiro atoms. The fraction of sp³-hybridized carbons (Fsp3) is 0.0909. The number of hydrazone groups is 1. The molecule has 0 saturated carbocycles. The Labute approximate surface area is 190 Å². The molecule has 0 aliphatic rings. The van der Waals surface area contributed by atoms with E-state index in [-0.39, 0.29) is 22.0 Å². The van der Waals surface area contributed by atoms with Crippen LogP contribution in [0.2, 0.25) is 0 Å². The number of carbonyl (C=O) groups excluding carboxylic acids is 1. The number of phenolic OH excluding ortho intramolecular Hbond substituents is 1. The first-order chi connectivity index (χ1) is 15.7. The number of sulfonamides is 1. The van der Waals surface area contributed by atoms with Crippen molar-refractivity contribution in [3.63, 3.8) is 0 Å². The monoisotopic (exact) mass is 468 g/mol. The second kappa shape index (κ2) is 9.92. The lowest BCUT2D eigenvalue weighted by Crippen LogP contribution is -2.40. The minimum atomic E-state index is -4.32. The standard InChI is InChI=1S/C22H20N4O6S/c1-16(18-11-5-8-14-21(18)27)23-24-22(28)15-25(19-12-6-7-13-20(19)26(29)30)33(31,32)17-9-3-2-4-10-17/h2-14,27H,15H2,1H3,(H,24,28)/b23-16-. The summed E-state index contributed by atoms with van der Waals surface area (Å²) < 4.78 is 27.3. The van der Waals surface area contributed by atoms with Gasteiger partial charge in [-0.25, -0.2) is 18.1 Å². The van der Waals surface area contributed by atoms with Crippen molar-refractivity contribution in [2.45, 2.75) is 11.8 Å². The van der Waals surface area contributed by atoms with Crippen molar-refractivity contribution >= 4 is 33.0 Å². The first-order valence-corrected chi connectivity index (χ1v) is 11.1. The number of aromatic hydroxyl groups is 1. The lowest BCUT2D eigenvalue weighted by atomic mass is 10.1. The van der Waals surface area contributed by atoms with Gasteiger partial charge in [-0.05, 0) is 37.3 Å². The Balaban J connectivity index is 1.96. The number of nitro benzene ring substituents is 1. The first kappa shape index (κ1) is 23.4. The maximum Gasteiger partial charge on any atom is 0.293 e. The van der Waals surface area contributed by atoms with Crippen LogP contribution in [0, 0.1) is 10.1 Å². The number of para-hydroxylation sites is 3. The molecular formula is C22H20N4O6S. The minimum Gasteiger partial charge on any atom is -0.507 e. The summed E-state index contributed by atoms with van der Waals surface area (Å²) in [6, 6.07) is 18.9. The van der Waals surface area contributed by atoms with Gasteiger partial charge in [0.1, 0.15) is 18.0 Å². The van der Waals surface area contributed by atoms with Crippen LogP contribution in [-0.4, -0.2) is 36.6 Å². The van der Waals surface area contributed by atoms with Crippen LogP contribution in [0.5, 0.6) is 5.75 Å². The molecule has 170 valence electrons. The smallest absolute Gasteiger partial charge is 0.293 e. The predicted octanol–water partition coefficient (Wildman–Crippen LogP) is 3.04. The van der Waals surface area contributed by atoms with Crippen LogP contribution in [0.4, 0.5) is 11.4 Å². The first-order valence-electron chi connectivity index (χ1n) is 9.64. The molecule has 11 heteroatoms. The van der Waals surface area contributed by atoms with Gasteiger partial charge in [0.05, 0.1) is 15.5 Å². The van der Waals surface area contributed by atoms with Crippen molar-refractivity contribution in [2.75, 3.05) is 10.8 Å². The largest absolute Gasteiger partial charge is 0.507 e. The van der Waals surface area contributed by atoms with Crippen LogP contribution in [0.25, 0.3) is 0 Å². The summed E-state index contributed by atoms with van der Waals surface area (Å²) in [7, 11) is -4.32. The molecule has 33 heavy (non-hydrogen) atoms. The van der Waals surface area contributed by atoms with Crippen molar-refractivity contribution in [1.29, 1.82) is 0 Å². The van der Waals surface area contributed by atoms with Crippen LogP contribution in [0.3, 0.4) is 0 Å². The van der Waals surface area contributed by atoms with E-state index in [1.165, 1.54) is 48.5 Å². The Morgan fingerprint density at radius 3 is 2.30 bits per heavy atom. The second-order valence-electron chi connectivity index (χ2n) is 6.82. The molecule has 0 aromatic heterocycles. The van der Waals surface area contributed by atoms with Crippen molar-refractivity contribution in [2.24, 2.45) is 5.10 Å². The topological polar surface area (TPSA) is 142 Å². The van der Waals surface area contributed by atoms with E-state index < -0.39 is 33.1 Å². The summed E-state index contributed by atoms with van der Waals surface area (Å²) in [5.74, 6) is -0.872. The fourth-order valence-electron chi connectivity index (χ4n) is 3.00. The predicted molar refractivity (Wildman–Crippen MR) is 123 cm³/mol. The number of carbonyl (C=O) groups is 1. The van der Waals surface area contributed by atoms with Gasteiger partial charge in [0.25, 0.3) is 21.6 Å². The third-order valence-electron chi connectivity index (χ3n) is 4.61. The Morgan fingerprint density at radius 1 is 1.03 bits per heavy atom. The quantitative estimate of drug-likeness (QED) is 0.296. The van der Waals surface area contributed by atoms with Crippen LogP contribution >= 0.6 is 0 Å². The molecular weight excluding hydrogens is 448 g/mol. The van der Waals surface area contributed by atoms with Crippen LogP contribution in [0.15, 0.2) is 88.9 Å². The summed E-state index contributed by atoms with van der Waals surface area (Å²) in [4.78, 5) is 23.3. The molecule has 0 aliphatic heterocycles. The number of hydrogen-bond donors (Lipinski definition) is 2. The van der Waals surface area contributed by atoms with Crippen molar-refractivity contribution < 1.29 is 23.2 Å². The normalized spacial score (nSPS) is 11.6. The maximum atomic E-state index is 13.3. The molecule has 10 nitrogen and oxygen atoms in total. The SMILES string of the molecule is C/C(=N/NC(=O)CN(c1ccccc1[N+](=O)[O-])S(=O)(=O)c1ccccc1)c1ccccc1O. The van der Waals surface area contributed by atoms with E-state index in [4.69, 9.17) is 0 Å². The Hall–Kier alpha value is -4.25. The van der Waals surface area contributed by atoms with Gasteiger partial charge in [0.15, 0.2) is 0 Å². The molecule has 0 atom stereocenters. The molecule has 0 heterocycles. The number of rotatable bonds is 8. The number of phenols is 1. The van der Waals surface area contributed by atoms with E-state index in [1.807, 2.05) is 0 Å². The van der Waals surface area contributed by atoms with Crippen molar-refractivity contribution in [3.05, 3.63) is 94.5 Å². The molecule has 0 bridgehead atoms. The zero-order valence-electron chi connectivity index (χ0n) is 17.5. The summed E-state index contributed by atoms with van der Waals surface area (Å²) >= 11 is 0. The molecule has 0 unspecified atom stereocenters. The van der Waals surface area contributed by atoms with Crippen LogP contribution < -0.4 is 9.73 Å². The summed E-state index contributed by atoms with van der Waals surface area (Å²) in [6.45, 7) is 0.787. The van der Waals surface area contributed by atoms with Gasteiger partial charge in [0, 0.05) is 11.6 Å². The summed E-state index contributed by atoms with van der Waals surface area (Å²) in [5.41, 5.74) is 2.17. The van der Waals surface area contributed by atoms with Gasteiger partial charge in [-0.1, -0.05) is 42.5 Å².